The van der Waals surface area contributed by atoms with Crippen LogP contribution in [0.15, 0.2) is 24.3 Å². The van der Waals surface area contributed by atoms with E-state index in [0.29, 0.717) is 0 Å². The van der Waals surface area contributed by atoms with E-state index in [-0.39, 0.29) is 11.9 Å². The first kappa shape index (κ1) is 11.1. The lowest BCUT2D eigenvalue weighted by Crippen LogP contribution is -2.43. The summed E-state index contributed by atoms with van der Waals surface area (Å²) in [7, 11) is 0. The zero-order valence-corrected chi connectivity index (χ0v) is 9.62. The van der Waals surface area contributed by atoms with E-state index in [2.05, 4.69) is 10.6 Å². The highest BCUT2D eigenvalue weighted by Crippen LogP contribution is 2.12. The van der Waals surface area contributed by atoms with Gasteiger partial charge in [-0.15, -0.1) is 0 Å². The summed E-state index contributed by atoms with van der Waals surface area (Å²) in [4.78, 5) is 11.9. The van der Waals surface area contributed by atoms with Crippen LogP contribution < -0.4 is 10.6 Å². The lowest BCUT2D eigenvalue weighted by atomic mass is 10.0. The first-order chi connectivity index (χ1) is 7.75. The van der Waals surface area contributed by atoms with Gasteiger partial charge in [0.1, 0.15) is 0 Å². The lowest BCUT2D eigenvalue weighted by Gasteiger charge is -2.22. The Bertz CT molecular complexity index is 353. The maximum absolute atomic E-state index is 11.9. The summed E-state index contributed by atoms with van der Waals surface area (Å²) >= 11 is 0. The van der Waals surface area contributed by atoms with Gasteiger partial charge in [0.25, 0.3) is 0 Å². The molecule has 1 saturated heterocycles. The first-order valence-electron chi connectivity index (χ1n) is 5.86. The Morgan fingerprint density at radius 2 is 2.06 bits per heavy atom. The van der Waals surface area contributed by atoms with Crippen molar-refractivity contribution in [3.8, 4) is 0 Å². The van der Waals surface area contributed by atoms with Crippen LogP contribution in [0, 0.1) is 6.92 Å². The van der Waals surface area contributed by atoms with Crippen LogP contribution in [0.5, 0.6) is 0 Å². The van der Waals surface area contributed by atoms with Gasteiger partial charge >= 0.3 is 0 Å². The van der Waals surface area contributed by atoms with E-state index in [1.54, 1.807) is 0 Å². The van der Waals surface area contributed by atoms with Crippen molar-refractivity contribution in [1.82, 2.24) is 5.32 Å². The fourth-order valence-electron chi connectivity index (χ4n) is 1.94. The van der Waals surface area contributed by atoms with E-state index in [1.165, 1.54) is 12.0 Å². The standard InChI is InChI=1S/C13H18N2O/c1-10-5-7-11(8-6-10)15-13(16)12-4-2-3-9-14-12/h5-8,12,14H,2-4,9H2,1H3,(H,15,16). The van der Waals surface area contributed by atoms with Crippen LogP contribution in [0.2, 0.25) is 0 Å². The van der Waals surface area contributed by atoms with Crippen molar-refractivity contribution in [2.24, 2.45) is 0 Å². The number of hydrogen-bond donors (Lipinski definition) is 2. The minimum absolute atomic E-state index is 0.0185. The Morgan fingerprint density at radius 3 is 2.69 bits per heavy atom. The summed E-state index contributed by atoms with van der Waals surface area (Å²) in [6, 6.07) is 7.87. The highest BCUT2D eigenvalue weighted by Gasteiger charge is 2.20. The van der Waals surface area contributed by atoms with Gasteiger partial charge in [0.05, 0.1) is 6.04 Å². The minimum atomic E-state index is -0.0185. The number of nitrogens with one attached hydrogen (secondary N) is 2. The Morgan fingerprint density at radius 1 is 1.31 bits per heavy atom. The topological polar surface area (TPSA) is 41.1 Å². The van der Waals surface area contributed by atoms with E-state index in [4.69, 9.17) is 0 Å². The summed E-state index contributed by atoms with van der Waals surface area (Å²) in [5, 5.41) is 6.18. The smallest absolute Gasteiger partial charge is 0.241 e. The molecule has 1 aliphatic heterocycles. The number of amides is 1. The van der Waals surface area contributed by atoms with E-state index in [0.717, 1.165) is 25.1 Å². The highest BCUT2D eigenvalue weighted by atomic mass is 16.2. The van der Waals surface area contributed by atoms with Gasteiger partial charge in [-0.1, -0.05) is 24.1 Å². The van der Waals surface area contributed by atoms with Gasteiger partial charge in [-0.05, 0) is 38.4 Å². The van der Waals surface area contributed by atoms with Gasteiger partial charge in [0.2, 0.25) is 5.91 Å². The molecule has 3 nitrogen and oxygen atoms in total. The Balaban J connectivity index is 1.93. The molecule has 0 aromatic heterocycles. The normalized spacial score (nSPS) is 20.4. The van der Waals surface area contributed by atoms with Crippen molar-refractivity contribution in [2.75, 3.05) is 11.9 Å². The van der Waals surface area contributed by atoms with Crippen molar-refractivity contribution in [3.05, 3.63) is 29.8 Å². The maximum atomic E-state index is 11.9. The van der Waals surface area contributed by atoms with Crippen molar-refractivity contribution in [3.63, 3.8) is 0 Å². The van der Waals surface area contributed by atoms with E-state index < -0.39 is 0 Å². The second kappa shape index (κ2) is 5.12. The van der Waals surface area contributed by atoms with Crippen LogP contribution >= 0.6 is 0 Å². The highest BCUT2D eigenvalue weighted by molar-refractivity contribution is 5.94. The molecule has 1 aromatic carbocycles. The van der Waals surface area contributed by atoms with Gasteiger partial charge in [0.15, 0.2) is 0 Å². The SMILES string of the molecule is Cc1ccc(NC(=O)C2CCCCN2)cc1. The summed E-state index contributed by atoms with van der Waals surface area (Å²) in [5.41, 5.74) is 2.08. The monoisotopic (exact) mass is 218 g/mol. The third-order valence-electron chi connectivity index (χ3n) is 2.95. The predicted octanol–water partition coefficient (Wildman–Crippen LogP) is 2.08. The van der Waals surface area contributed by atoms with E-state index >= 15 is 0 Å². The molecule has 0 bridgehead atoms. The van der Waals surface area contributed by atoms with Crippen LogP contribution in [0.3, 0.4) is 0 Å². The van der Waals surface area contributed by atoms with Crippen molar-refractivity contribution < 1.29 is 4.79 Å². The largest absolute Gasteiger partial charge is 0.325 e. The fraction of sp³-hybridized carbons (Fsp3) is 0.462. The van der Waals surface area contributed by atoms with E-state index in [1.807, 2.05) is 31.2 Å². The predicted molar refractivity (Wildman–Crippen MR) is 65.5 cm³/mol. The summed E-state index contributed by atoms with van der Waals surface area (Å²) in [5.74, 6) is 0.0866. The molecule has 2 rings (SSSR count). The number of rotatable bonds is 2. The van der Waals surface area contributed by atoms with Gasteiger partial charge in [0, 0.05) is 5.69 Å². The first-order valence-corrected chi connectivity index (χ1v) is 5.86. The molecule has 1 fully saturated rings. The molecular weight excluding hydrogens is 200 g/mol. The summed E-state index contributed by atoms with van der Waals surface area (Å²) < 4.78 is 0. The van der Waals surface area contributed by atoms with Gasteiger partial charge in [-0.2, -0.15) is 0 Å². The van der Waals surface area contributed by atoms with Crippen molar-refractivity contribution in [1.29, 1.82) is 0 Å². The maximum Gasteiger partial charge on any atom is 0.241 e. The zero-order chi connectivity index (χ0) is 11.4. The number of benzene rings is 1. The van der Waals surface area contributed by atoms with Crippen LogP contribution in [0.25, 0.3) is 0 Å². The van der Waals surface area contributed by atoms with Crippen molar-refractivity contribution in [2.45, 2.75) is 32.2 Å². The average molecular weight is 218 g/mol. The number of carbonyl (C=O) groups excluding carboxylic acids is 1. The molecule has 1 aromatic rings. The Labute approximate surface area is 96.2 Å². The fourth-order valence-corrected chi connectivity index (χ4v) is 1.94. The molecule has 3 heteroatoms. The molecule has 0 saturated carbocycles. The molecule has 0 spiro atoms. The molecule has 1 heterocycles. The molecule has 1 amide bonds. The molecule has 86 valence electrons. The molecule has 0 radical (unpaired) electrons. The van der Waals surface area contributed by atoms with Crippen LogP contribution in [-0.4, -0.2) is 18.5 Å². The Hall–Kier alpha value is -1.35. The summed E-state index contributed by atoms with van der Waals surface area (Å²) in [6.07, 6.45) is 3.25. The molecular formula is C13H18N2O. The van der Waals surface area contributed by atoms with Crippen LogP contribution in [0.4, 0.5) is 5.69 Å². The quantitative estimate of drug-likeness (QED) is 0.798. The molecule has 1 aliphatic rings. The van der Waals surface area contributed by atoms with Gasteiger partial charge < -0.3 is 10.6 Å². The lowest BCUT2D eigenvalue weighted by molar-refractivity contribution is -0.118. The number of piperidine rings is 1. The van der Waals surface area contributed by atoms with Crippen LogP contribution in [-0.2, 0) is 4.79 Å². The number of hydrogen-bond acceptors (Lipinski definition) is 2. The number of carbonyl (C=O) groups is 1. The van der Waals surface area contributed by atoms with Gasteiger partial charge in [-0.25, -0.2) is 0 Å². The van der Waals surface area contributed by atoms with Crippen LogP contribution in [0.1, 0.15) is 24.8 Å². The third-order valence-corrected chi connectivity index (χ3v) is 2.95. The molecule has 2 N–H and O–H groups in total. The third kappa shape index (κ3) is 2.83. The number of anilines is 1. The molecule has 1 atom stereocenters. The molecule has 0 aliphatic carbocycles. The molecule has 16 heavy (non-hydrogen) atoms. The molecule has 1 unspecified atom stereocenters. The Kier molecular flexibility index (Phi) is 3.57. The second-order valence-corrected chi connectivity index (χ2v) is 4.36. The number of aryl methyl sites for hydroxylation is 1. The minimum Gasteiger partial charge on any atom is -0.325 e. The summed E-state index contributed by atoms with van der Waals surface area (Å²) in [6.45, 7) is 2.99. The second-order valence-electron chi connectivity index (χ2n) is 4.36. The zero-order valence-electron chi connectivity index (χ0n) is 9.62. The average Bonchev–Trinajstić information content (AvgIpc) is 2.33. The van der Waals surface area contributed by atoms with Crippen molar-refractivity contribution >= 4 is 11.6 Å². The van der Waals surface area contributed by atoms with E-state index in [9.17, 15) is 4.79 Å². The van der Waals surface area contributed by atoms with Gasteiger partial charge in [-0.3, -0.25) is 4.79 Å².